The van der Waals surface area contributed by atoms with Gasteiger partial charge in [-0.3, -0.25) is 4.79 Å². The highest BCUT2D eigenvalue weighted by Gasteiger charge is 2.31. The van der Waals surface area contributed by atoms with Crippen molar-refractivity contribution in [3.63, 3.8) is 0 Å². The number of nitrogens with zero attached hydrogens (tertiary/aromatic N) is 1. The Balaban J connectivity index is 1.40. The average Bonchev–Trinajstić information content (AvgIpc) is 2.81. The van der Waals surface area contributed by atoms with Crippen LogP contribution in [0.25, 0.3) is 0 Å². The molecule has 3 rings (SSSR count). The Morgan fingerprint density at radius 2 is 1.74 bits per heavy atom. The van der Waals surface area contributed by atoms with Crippen molar-refractivity contribution in [2.24, 2.45) is 5.92 Å². The number of piperidine rings is 1. The zero-order valence-corrected chi connectivity index (χ0v) is 18.9. The molecule has 0 aliphatic carbocycles. The standard InChI is InChI=1S/C24H32N2O4S/c1-2-3-19-30-22-11-9-20(10-12-22)13-16-25-24(27)21-14-17-26(18-15-21)31(28,29)23-7-5-4-6-8-23/h4-12,21H,2-3,13-19H2,1H3,(H,25,27). The summed E-state index contributed by atoms with van der Waals surface area (Å²) in [5, 5.41) is 3.00. The Morgan fingerprint density at radius 1 is 1.06 bits per heavy atom. The first-order valence-corrected chi connectivity index (χ1v) is 12.5. The van der Waals surface area contributed by atoms with Gasteiger partial charge < -0.3 is 10.1 Å². The molecular formula is C24H32N2O4S. The largest absolute Gasteiger partial charge is 0.494 e. The molecule has 0 atom stereocenters. The van der Waals surface area contributed by atoms with Crippen LogP contribution in [0.2, 0.25) is 0 Å². The number of rotatable bonds is 10. The smallest absolute Gasteiger partial charge is 0.243 e. The van der Waals surface area contributed by atoms with E-state index >= 15 is 0 Å². The lowest BCUT2D eigenvalue weighted by atomic mass is 9.97. The van der Waals surface area contributed by atoms with Gasteiger partial charge in [0.2, 0.25) is 15.9 Å². The van der Waals surface area contributed by atoms with Crippen molar-refractivity contribution in [3.8, 4) is 5.75 Å². The van der Waals surface area contributed by atoms with E-state index in [0.29, 0.717) is 37.4 Å². The van der Waals surface area contributed by atoms with Crippen LogP contribution in [0.15, 0.2) is 59.5 Å². The third kappa shape index (κ3) is 6.55. The van der Waals surface area contributed by atoms with Crippen molar-refractivity contribution in [3.05, 3.63) is 60.2 Å². The molecular weight excluding hydrogens is 412 g/mol. The fourth-order valence-corrected chi connectivity index (χ4v) is 5.15. The molecule has 1 aliphatic rings. The van der Waals surface area contributed by atoms with Gasteiger partial charge in [-0.15, -0.1) is 0 Å². The van der Waals surface area contributed by atoms with Crippen LogP contribution in [0.4, 0.5) is 0 Å². The van der Waals surface area contributed by atoms with Gasteiger partial charge in [0.05, 0.1) is 11.5 Å². The highest BCUT2D eigenvalue weighted by molar-refractivity contribution is 7.89. The second-order valence-corrected chi connectivity index (χ2v) is 9.82. The third-order valence-corrected chi connectivity index (χ3v) is 7.52. The highest BCUT2D eigenvalue weighted by atomic mass is 32.2. The molecule has 2 aromatic carbocycles. The van der Waals surface area contributed by atoms with Crippen molar-refractivity contribution in [1.29, 1.82) is 0 Å². The lowest BCUT2D eigenvalue weighted by Crippen LogP contribution is -2.43. The maximum atomic E-state index is 12.7. The lowest BCUT2D eigenvalue weighted by molar-refractivity contribution is -0.126. The van der Waals surface area contributed by atoms with Gasteiger partial charge in [0.15, 0.2) is 0 Å². The molecule has 0 aromatic heterocycles. The number of ether oxygens (including phenoxy) is 1. The van der Waals surface area contributed by atoms with Gasteiger partial charge in [0.25, 0.3) is 0 Å². The van der Waals surface area contributed by atoms with Crippen LogP contribution in [0.5, 0.6) is 5.75 Å². The zero-order chi connectivity index (χ0) is 22.1. The molecule has 1 aliphatic heterocycles. The number of hydrogen-bond acceptors (Lipinski definition) is 4. The molecule has 1 heterocycles. The van der Waals surface area contributed by atoms with E-state index in [9.17, 15) is 13.2 Å². The van der Waals surface area contributed by atoms with Crippen LogP contribution in [0.3, 0.4) is 0 Å². The molecule has 168 valence electrons. The van der Waals surface area contributed by atoms with E-state index in [-0.39, 0.29) is 11.8 Å². The summed E-state index contributed by atoms with van der Waals surface area (Å²) in [5.41, 5.74) is 1.15. The average molecular weight is 445 g/mol. The number of carbonyl (C=O) groups excluding carboxylic acids is 1. The van der Waals surface area contributed by atoms with Gasteiger partial charge in [-0.25, -0.2) is 8.42 Å². The van der Waals surface area contributed by atoms with E-state index in [0.717, 1.165) is 37.2 Å². The van der Waals surface area contributed by atoms with Crippen LogP contribution >= 0.6 is 0 Å². The van der Waals surface area contributed by atoms with Gasteiger partial charge in [-0.1, -0.05) is 43.7 Å². The SMILES string of the molecule is CCCCOc1ccc(CCNC(=O)C2CCN(S(=O)(=O)c3ccccc3)CC2)cc1. The van der Waals surface area contributed by atoms with Crippen LogP contribution in [0.1, 0.15) is 38.2 Å². The predicted molar refractivity (Wildman–Crippen MR) is 121 cm³/mol. The molecule has 6 nitrogen and oxygen atoms in total. The van der Waals surface area contributed by atoms with Crippen molar-refractivity contribution < 1.29 is 17.9 Å². The number of unbranched alkanes of at least 4 members (excludes halogenated alkanes) is 1. The quantitative estimate of drug-likeness (QED) is 0.568. The first kappa shape index (κ1) is 23.3. The van der Waals surface area contributed by atoms with E-state index in [1.54, 1.807) is 30.3 Å². The summed E-state index contributed by atoms with van der Waals surface area (Å²) >= 11 is 0. The molecule has 0 saturated carbocycles. The lowest BCUT2D eigenvalue weighted by Gasteiger charge is -2.30. The van der Waals surface area contributed by atoms with E-state index in [2.05, 4.69) is 12.2 Å². The van der Waals surface area contributed by atoms with E-state index in [1.165, 1.54) is 4.31 Å². The summed E-state index contributed by atoms with van der Waals surface area (Å²) in [7, 11) is -3.48. The molecule has 0 bridgehead atoms. The van der Waals surface area contributed by atoms with E-state index in [4.69, 9.17) is 4.74 Å². The summed E-state index contributed by atoms with van der Waals surface area (Å²) in [5.74, 6) is 0.742. The Labute approximate surface area is 185 Å². The first-order chi connectivity index (χ1) is 15.0. The molecule has 7 heteroatoms. The number of amides is 1. The Bertz CT molecular complexity index is 922. The second-order valence-electron chi connectivity index (χ2n) is 7.88. The molecule has 0 radical (unpaired) electrons. The number of sulfonamides is 1. The minimum absolute atomic E-state index is 0.0104. The van der Waals surface area contributed by atoms with Gasteiger partial charge in [0, 0.05) is 25.6 Å². The minimum Gasteiger partial charge on any atom is -0.494 e. The Morgan fingerprint density at radius 3 is 2.39 bits per heavy atom. The number of carbonyl (C=O) groups is 1. The van der Waals surface area contributed by atoms with E-state index in [1.807, 2.05) is 24.3 Å². The minimum atomic E-state index is -3.48. The van der Waals surface area contributed by atoms with Crippen LogP contribution in [-0.4, -0.2) is 44.9 Å². The maximum Gasteiger partial charge on any atom is 0.243 e. The van der Waals surface area contributed by atoms with Crippen molar-refractivity contribution in [2.75, 3.05) is 26.2 Å². The van der Waals surface area contributed by atoms with Crippen LogP contribution in [0, 0.1) is 5.92 Å². The summed E-state index contributed by atoms with van der Waals surface area (Å²) in [6.45, 7) is 4.18. The van der Waals surface area contributed by atoms with Gasteiger partial charge >= 0.3 is 0 Å². The monoisotopic (exact) mass is 444 g/mol. The van der Waals surface area contributed by atoms with Gasteiger partial charge in [-0.2, -0.15) is 4.31 Å². The zero-order valence-electron chi connectivity index (χ0n) is 18.1. The third-order valence-electron chi connectivity index (χ3n) is 5.61. The predicted octanol–water partition coefficient (Wildman–Crippen LogP) is 3.63. The molecule has 1 fully saturated rings. The fraction of sp³-hybridized carbons (Fsp3) is 0.458. The van der Waals surface area contributed by atoms with Gasteiger partial charge in [-0.05, 0) is 55.5 Å². The molecule has 2 aromatic rings. The van der Waals surface area contributed by atoms with Crippen LogP contribution in [-0.2, 0) is 21.2 Å². The summed E-state index contributed by atoms with van der Waals surface area (Å²) in [6, 6.07) is 16.5. The molecule has 1 saturated heterocycles. The summed E-state index contributed by atoms with van der Waals surface area (Å²) < 4.78 is 32.6. The number of nitrogens with one attached hydrogen (secondary N) is 1. The van der Waals surface area contributed by atoms with E-state index < -0.39 is 10.0 Å². The summed E-state index contributed by atoms with van der Waals surface area (Å²) in [6.07, 6.45) is 4.00. The van der Waals surface area contributed by atoms with Crippen molar-refractivity contribution in [2.45, 2.75) is 43.9 Å². The normalized spacial score (nSPS) is 15.5. The highest BCUT2D eigenvalue weighted by Crippen LogP contribution is 2.24. The first-order valence-electron chi connectivity index (χ1n) is 11.1. The molecule has 31 heavy (non-hydrogen) atoms. The molecule has 1 amide bonds. The Kier molecular flexibility index (Phi) is 8.49. The van der Waals surface area contributed by atoms with Gasteiger partial charge in [0.1, 0.15) is 5.75 Å². The van der Waals surface area contributed by atoms with Crippen molar-refractivity contribution >= 4 is 15.9 Å². The Hall–Kier alpha value is -2.38. The van der Waals surface area contributed by atoms with Crippen LogP contribution < -0.4 is 10.1 Å². The fourth-order valence-electron chi connectivity index (χ4n) is 3.66. The second kappa shape index (κ2) is 11.3. The summed E-state index contributed by atoms with van der Waals surface area (Å²) in [4.78, 5) is 12.8. The molecule has 1 N–H and O–H groups in total. The maximum absolute atomic E-state index is 12.7. The molecule has 0 spiro atoms. The van der Waals surface area contributed by atoms with Crippen molar-refractivity contribution in [1.82, 2.24) is 9.62 Å². The number of benzene rings is 2. The molecule has 0 unspecified atom stereocenters. The number of hydrogen-bond donors (Lipinski definition) is 1. The topological polar surface area (TPSA) is 75.7 Å².